The molecule has 0 radical (unpaired) electrons. The second kappa shape index (κ2) is 13.5. The number of fused-ring (bicyclic) bond motifs is 3. The van der Waals surface area contributed by atoms with Crippen LogP contribution in [0.3, 0.4) is 0 Å². The zero-order valence-corrected chi connectivity index (χ0v) is 24.7. The van der Waals surface area contributed by atoms with Crippen LogP contribution in [0.1, 0.15) is 100 Å². The van der Waals surface area contributed by atoms with E-state index in [-0.39, 0.29) is 11.5 Å². The molecule has 0 fully saturated rings. The van der Waals surface area contributed by atoms with Crippen LogP contribution < -0.4 is 5.56 Å². The van der Waals surface area contributed by atoms with Crippen LogP contribution in [0.25, 0.3) is 21.7 Å². The standard InChI is InChI=1S/C12H13NO.C12H13N.C11H16N2/c1-8(2)10-7-9-5-3-4-6-11(9)13-12(10)14;1-9(2)12-8-13-7-10-5-3-4-6-11(10)12;1-8(2)11-12-7-9-5-3-4-6-10(9)13-11/h3-8H,1-2H3,(H,13,14);3-9H,1-2H3;7-8H,3-6H2,1-2H3. The third kappa shape index (κ3) is 7.20. The van der Waals surface area contributed by atoms with Gasteiger partial charge in [0.1, 0.15) is 5.82 Å². The number of rotatable bonds is 3. The molecule has 5 heteroatoms. The fourth-order valence-electron chi connectivity index (χ4n) is 4.96. The Labute approximate surface area is 238 Å². The minimum atomic E-state index is 0.0266. The predicted molar refractivity (Wildman–Crippen MR) is 167 cm³/mol. The van der Waals surface area contributed by atoms with E-state index in [0.29, 0.717) is 11.8 Å². The largest absolute Gasteiger partial charge is 0.322 e. The predicted octanol–water partition coefficient (Wildman–Crippen LogP) is 8.49. The average Bonchev–Trinajstić information content (AvgIpc) is 2.96. The van der Waals surface area contributed by atoms with Gasteiger partial charge in [-0.3, -0.25) is 9.78 Å². The molecular weight excluding hydrogens is 492 g/mol. The summed E-state index contributed by atoms with van der Waals surface area (Å²) in [5, 5.41) is 3.65. The van der Waals surface area contributed by atoms with Crippen molar-refractivity contribution < 1.29 is 0 Å². The molecule has 1 aliphatic carbocycles. The second-order valence-corrected chi connectivity index (χ2v) is 11.5. The van der Waals surface area contributed by atoms with E-state index >= 15 is 0 Å². The smallest absolute Gasteiger partial charge is 0.251 e. The molecule has 6 rings (SSSR count). The van der Waals surface area contributed by atoms with Gasteiger partial charge in [0.25, 0.3) is 5.56 Å². The highest BCUT2D eigenvalue weighted by atomic mass is 16.1. The molecule has 5 aromatic rings. The van der Waals surface area contributed by atoms with Gasteiger partial charge in [-0.15, -0.1) is 0 Å². The molecule has 1 N–H and O–H groups in total. The first-order valence-corrected chi connectivity index (χ1v) is 14.5. The summed E-state index contributed by atoms with van der Waals surface area (Å²) in [4.78, 5) is 27.7. The third-order valence-corrected chi connectivity index (χ3v) is 7.32. The topological polar surface area (TPSA) is 71.5 Å². The molecule has 40 heavy (non-hydrogen) atoms. The number of hydrogen-bond donors (Lipinski definition) is 1. The maximum Gasteiger partial charge on any atom is 0.251 e. The maximum atomic E-state index is 11.6. The summed E-state index contributed by atoms with van der Waals surface area (Å²) >= 11 is 0. The maximum absolute atomic E-state index is 11.6. The van der Waals surface area contributed by atoms with Crippen molar-refractivity contribution >= 4 is 21.7 Å². The third-order valence-electron chi connectivity index (χ3n) is 7.32. The first-order chi connectivity index (χ1) is 19.2. The Morgan fingerprint density at radius 1 is 0.725 bits per heavy atom. The van der Waals surface area contributed by atoms with Gasteiger partial charge in [-0.05, 0) is 71.6 Å². The van der Waals surface area contributed by atoms with Gasteiger partial charge in [0.2, 0.25) is 0 Å². The van der Waals surface area contributed by atoms with Crippen molar-refractivity contribution in [1.29, 1.82) is 0 Å². The van der Waals surface area contributed by atoms with E-state index in [1.165, 1.54) is 46.9 Å². The van der Waals surface area contributed by atoms with Gasteiger partial charge >= 0.3 is 0 Å². The van der Waals surface area contributed by atoms with Gasteiger partial charge in [0.05, 0.1) is 0 Å². The lowest BCUT2D eigenvalue weighted by Crippen LogP contribution is -2.13. The van der Waals surface area contributed by atoms with Crippen molar-refractivity contribution in [3.05, 3.63) is 112 Å². The number of hydrogen-bond acceptors (Lipinski definition) is 4. The summed E-state index contributed by atoms with van der Waals surface area (Å²) in [6.07, 6.45) is 10.8. The Kier molecular flexibility index (Phi) is 9.81. The Hall–Kier alpha value is -3.86. The molecule has 0 amide bonds. The molecule has 0 saturated carbocycles. The van der Waals surface area contributed by atoms with Crippen molar-refractivity contribution in [3.63, 3.8) is 0 Å². The highest BCUT2D eigenvalue weighted by molar-refractivity contribution is 5.85. The van der Waals surface area contributed by atoms with Crippen LogP contribution in [-0.2, 0) is 12.8 Å². The summed E-state index contributed by atoms with van der Waals surface area (Å²) in [5.41, 5.74) is 5.78. The summed E-state index contributed by atoms with van der Waals surface area (Å²) in [6.45, 7) is 12.7. The molecule has 1 aliphatic rings. The van der Waals surface area contributed by atoms with Crippen molar-refractivity contribution in [2.75, 3.05) is 0 Å². The summed E-state index contributed by atoms with van der Waals surface area (Å²) in [5.74, 6) is 2.26. The Morgan fingerprint density at radius 2 is 1.40 bits per heavy atom. The molecule has 2 aromatic carbocycles. The van der Waals surface area contributed by atoms with Crippen LogP contribution >= 0.6 is 0 Å². The van der Waals surface area contributed by atoms with Gasteiger partial charge in [-0.2, -0.15) is 0 Å². The van der Waals surface area contributed by atoms with Gasteiger partial charge < -0.3 is 4.98 Å². The summed E-state index contributed by atoms with van der Waals surface area (Å²) in [7, 11) is 0. The lowest BCUT2D eigenvalue weighted by Gasteiger charge is -2.15. The van der Waals surface area contributed by atoms with Crippen LogP contribution in [0.2, 0.25) is 0 Å². The molecular formula is C35H42N4O. The van der Waals surface area contributed by atoms with E-state index in [9.17, 15) is 4.79 Å². The monoisotopic (exact) mass is 534 g/mol. The molecule has 0 aliphatic heterocycles. The number of benzene rings is 2. The number of nitrogens with one attached hydrogen (secondary N) is 1. The minimum Gasteiger partial charge on any atom is -0.322 e. The molecule has 0 unspecified atom stereocenters. The molecule has 3 heterocycles. The van der Waals surface area contributed by atoms with E-state index in [1.807, 2.05) is 68.8 Å². The quantitative estimate of drug-likeness (QED) is 0.252. The van der Waals surface area contributed by atoms with E-state index in [1.54, 1.807) is 0 Å². The lowest BCUT2D eigenvalue weighted by molar-refractivity contribution is 0.643. The number of aromatic nitrogens is 4. The van der Waals surface area contributed by atoms with Crippen LogP contribution in [0.4, 0.5) is 0 Å². The summed E-state index contributed by atoms with van der Waals surface area (Å²) < 4.78 is 0. The van der Waals surface area contributed by atoms with Gasteiger partial charge in [0, 0.05) is 46.7 Å². The van der Waals surface area contributed by atoms with Gasteiger partial charge in [0.15, 0.2) is 0 Å². The van der Waals surface area contributed by atoms with E-state index in [0.717, 1.165) is 28.7 Å². The normalized spacial score (nSPS) is 12.6. The van der Waals surface area contributed by atoms with Crippen LogP contribution in [-0.4, -0.2) is 19.9 Å². The fourth-order valence-corrected chi connectivity index (χ4v) is 4.96. The van der Waals surface area contributed by atoms with E-state index < -0.39 is 0 Å². The number of aromatic amines is 1. The van der Waals surface area contributed by atoms with Crippen molar-refractivity contribution in [2.24, 2.45) is 0 Å². The number of para-hydroxylation sites is 1. The summed E-state index contributed by atoms with van der Waals surface area (Å²) in [6, 6.07) is 18.2. The first-order valence-electron chi connectivity index (χ1n) is 14.5. The average molecular weight is 535 g/mol. The van der Waals surface area contributed by atoms with Crippen molar-refractivity contribution in [2.45, 2.75) is 85.0 Å². The van der Waals surface area contributed by atoms with Gasteiger partial charge in [-0.25, -0.2) is 9.97 Å². The zero-order valence-electron chi connectivity index (χ0n) is 24.7. The van der Waals surface area contributed by atoms with Crippen molar-refractivity contribution in [1.82, 2.24) is 19.9 Å². The number of H-pyrrole nitrogens is 1. The van der Waals surface area contributed by atoms with Crippen LogP contribution in [0.15, 0.2) is 78.0 Å². The SMILES string of the molecule is CC(C)c1cc2ccccc2[nH]c1=O.CC(C)c1cncc2ccccc12.CC(C)c1ncc2c(n1)CCCC2. The minimum absolute atomic E-state index is 0.0266. The fraction of sp³-hybridized carbons (Fsp3) is 0.371. The van der Waals surface area contributed by atoms with E-state index in [2.05, 4.69) is 65.8 Å². The molecule has 0 bridgehead atoms. The van der Waals surface area contributed by atoms with Gasteiger partial charge in [-0.1, -0.05) is 84.0 Å². The molecule has 0 saturated heterocycles. The molecule has 208 valence electrons. The highest BCUT2D eigenvalue weighted by Crippen LogP contribution is 2.23. The lowest BCUT2D eigenvalue weighted by atomic mass is 9.97. The first kappa shape index (κ1) is 29.1. The number of aryl methyl sites for hydroxylation is 2. The Morgan fingerprint density at radius 3 is 2.12 bits per heavy atom. The second-order valence-electron chi connectivity index (χ2n) is 11.5. The van der Waals surface area contributed by atoms with Crippen LogP contribution in [0.5, 0.6) is 0 Å². The Bertz CT molecular complexity index is 1610. The van der Waals surface area contributed by atoms with Crippen molar-refractivity contribution in [3.8, 4) is 0 Å². The Balaban J connectivity index is 0.000000139. The molecule has 3 aromatic heterocycles. The molecule has 0 spiro atoms. The number of pyridine rings is 2. The number of nitrogens with zero attached hydrogens (tertiary/aromatic N) is 3. The zero-order chi connectivity index (χ0) is 28.6. The highest BCUT2D eigenvalue weighted by Gasteiger charge is 2.13. The molecule has 5 nitrogen and oxygen atoms in total. The van der Waals surface area contributed by atoms with Crippen LogP contribution in [0, 0.1) is 0 Å². The molecule has 0 atom stereocenters. The van der Waals surface area contributed by atoms with E-state index in [4.69, 9.17) is 0 Å².